The second-order valence-corrected chi connectivity index (χ2v) is 5.97. The molecule has 2 saturated heterocycles. The predicted molar refractivity (Wildman–Crippen MR) is 70.4 cm³/mol. The Kier molecular flexibility index (Phi) is 3.63. The molecule has 3 heterocycles. The van der Waals surface area contributed by atoms with E-state index in [0.717, 1.165) is 26.0 Å². The number of rotatable bonds is 3. The third-order valence-corrected chi connectivity index (χ3v) is 4.62. The lowest BCUT2D eigenvalue weighted by atomic mass is 9.91. The number of ether oxygens (including phenoxy) is 1. The van der Waals surface area contributed by atoms with Crippen LogP contribution in [-0.2, 0) is 16.1 Å². The van der Waals surface area contributed by atoms with Gasteiger partial charge in [-0.3, -0.25) is 4.79 Å². The minimum atomic E-state index is 0.0457. The Morgan fingerprint density at radius 3 is 3.39 bits per heavy atom. The Labute approximate surface area is 111 Å². The molecular formula is C13H18N2O2S. The number of piperidine rings is 1. The van der Waals surface area contributed by atoms with Gasteiger partial charge in [0.1, 0.15) is 0 Å². The summed E-state index contributed by atoms with van der Waals surface area (Å²) < 4.78 is 5.65. The smallest absolute Gasteiger partial charge is 0.224 e. The summed E-state index contributed by atoms with van der Waals surface area (Å²) in [6, 6.07) is 4.51. The van der Waals surface area contributed by atoms with Crippen LogP contribution in [0.2, 0.25) is 0 Å². The molecule has 1 aromatic heterocycles. The lowest BCUT2D eigenvalue weighted by Gasteiger charge is -2.31. The van der Waals surface area contributed by atoms with E-state index in [4.69, 9.17) is 4.74 Å². The molecule has 0 radical (unpaired) electrons. The van der Waals surface area contributed by atoms with E-state index >= 15 is 0 Å². The van der Waals surface area contributed by atoms with E-state index in [1.807, 2.05) is 17.5 Å². The summed E-state index contributed by atoms with van der Waals surface area (Å²) >= 11 is 1.67. The van der Waals surface area contributed by atoms with E-state index in [2.05, 4.69) is 10.6 Å². The highest BCUT2D eigenvalue weighted by Crippen LogP contribution is 2.25. The Balaban J connectivity index is 1.50. The fourth-order valence-electron chi connectivity index (χ4n) is 2.70. The van der Waals surface area contributed by atoms with Gasteiger partial charge in [0.05, 0.1) is 18.6 Å². The number of amides is 1. The van der Waals surface area contributed by atoms with Gasteiger partial charge in [-0.05, 0) is 24.3 Å². The molecule has 5 heteroatoms. The number of thiophene rings is 1. The minimum absolute atomic E-state index is 0.0457. The summed E-state index contributed by atoms with van der Waals surface area (Å²) in [7, 11) is 0. The fourth-order valence-corrected chi connectivity index (χ4v) is 3.35. The SMILES string of the molecule is O=C(NCc1cccs1)[C@@H]1CN[C@@H]2CCO[C@@H]2C1. The second kappa shape index (κ2) is 5.38. The summed E-state index contributed by atoms with van der Waals surface area (Å²) in [5.41, 5.74) is 0. The molecule has 3 rings (SSSR count). The van der Waals surface area contributed by atoms with Gasteiger partial charge in [-0.1, -0.05) is 6.07 Å². The average Bonchev–Trinajstić information content (AvgIpc) is 3.05. The molecule has 0 spiro atoms. The molecular weight excluding hydrogens is 248 g/mol. The standard InChI is InChI=1S/C13H18N2O2S/c16-13(15-8-10-2-1-5-18-10)9-6-12-11(14-7-9)3-4-17-12/h1-2,5,9,11-12,14H,3-4,6-8H2,(H,15,16)/t9-,11+,12+/m0/s1. The third-order valence-electron chi connectivity index (χ3n) is 3.74. The van der Waals surface area contributed by atoms with Crippen molar-refractivity contribution >= 4 is 17.2 Å². The number of nitrogens with one attached hydrogen (secondary N) is 2. The molecule has 18 heavy (non-hydrogen) atoms. The summed E-state index contributed by atoms with van der Waals surface area (Å²) in [5, 5.41) is 8.46. The largest absolute Gasteiger partial charge is 0.377 e. The van der Waals surface area contributed by atoms with Crippen molar-refractivity contribution in [3.63, 3.8) is 0 Å². The molecule has 2 aliphatic rings. The Morgan fingerprint density at radius 2 is 2.56 bits per heavy atom. The number of hydrogen-bond acceptors (Lipinski definition) is 4. The van der Waals surface area contributed by atoms with Gasteiger partial charge in [0.25, 0.3) is 0 Å². The predicted octanol–water partition coefficient (Wildman–Crippen LogP) is 1.13. The highest BCUT2D eigenvalue weighted by Gasteiger charge is 2.37. The van der Waals surface area contributed by atoms with Crippen molar-refractivity contribution < 1.29 is 9.53 Å². The van der Waals surface area contributed by atoms with Crippen LogP contribution in [0.3, 0.4) is 0 Å². The lowest BCUT2D eigenvalue weighted by molar-refractivity contribution is -0.127. The molecule has 1 aromatic rings. The van der Waals surface area contributed by atoms with E-state index < -0.39 is 0 Å². The summed E-state index contributed by atoms with van der Waals surface area (Å²) in [5.74, 6) is 0.189. The van der Waals surface area contributed by atoms with Crippen molar-refractivity contribution in [2.45, 2.75) is 31.5 Å². The molecule has 0 saturated carbocycles. The maximum absolute atomic E-state index is 12.1. The van der Waals surface area contributed by atoms with Gasteiger partial charge < -0.3 is 15.4 Å². The second-order valence-electron chi connectivity index (χ2n) is 4.94. The Bertz CT molecular complexity index is 407. The van der Waals surface area contributed by atoms with Crippen molar-refractivity contribution in [3.05, 3.63) is 22.4 Å². The van der Waals surface area contributed by atoms with Crippen LogP contribution in [0.25, 0.3) is 0 Å². The van der Waals surface area contributed by atoms with Crippen molar-refractivity contribution in [2.75, 3.05) is 13.2 Å². The van der Waals surface area contributed by atoms with Crippen molar-refractivity contribution in [1.29, 1.82) is 0 Å². The molecule has 3 atom stereocenters. The zero-order chi connectivity index (χ0) is 12.4. The molecule has 2 N–H and O–H groups in total. The molecule has 0 aliphatic carbocycles. The summed E-state index contributed by atoms with van der Waals surface area (Å²) in [6.45, 7) is 2.24. The number of fused-ring (bicyclic) bond motifs is 1. The zero-order valence-electron chi connectivity index (χ0n) is 10.2. The first kappa shape index (κ1) is 12.1. The highest BCUT2D eigenvalue weighted by atomic mass is 32.1. The first-order chi connectivity index (χ1) is 8.83. The fraction of sp³-hybridized carbons (Fsp3) is 0.615. The molecule has 2 fully saturated rings. The molecule has 2 aliphatic heterocycles. The van der Waals surface area contributed by atoms with Gasteiger partial charge >= 0.3 is 0 Å². The van der Waals surface area contributed by atoms with Crippen LogP contribution >= 0.6 is 11.3 Å². The maximum atomic E-state index is 12.1. The number of hydrogen-bond donors (Lipinski definition) is 2. The van der Waals surface area contributed by atoms with E-state index in [-0.39, 0.29) is 17.9 Å². The topological polar surface area (TPSA) is 50.4 Å². The van der Waals surface area contributed by atoms with Crippen LogP contribution in [0.5, 0.6) is 0 Å². The maximum Gasteiger partial charge on any atom is 0.224 e. The highest BCUT2D eigenvalue weighted by molar-refractivity contribution is 7.09. The molecule has 4 nitrogen and oxygen atoms in total. The van der Waals surface area contributed by atoms with E-state index in [9.17, 15) is 4.79 Å². The van der Waals surface area contributed by atoms with Crippen molar-refractivity contribution in [3.8, 4) is 0 Å². The van der Waals surface area contributed by atoms with Crippen LogP contribution < -0.4 is 10.6 Å². The third kappa shape index (κ3) is 2.58. The quantitative estimate of drug-likeness (QED) is 0.862. The lowest BCUT2D eigenvalue weighted by Crippen LogP contribution is -2.50. The van der Waals surface area contributed by atoms with Crippen LogP contribution in [0.1, 0.15) is 17.7 Å². The van der Waals surface area contributed by atoms with Crippen LogP contribution in [0.4, 0.5) is 0 Å². The van der Waals surface area contributed by atoms with Gasteiger partial charge in [0, 0.05) is 24.1 Å². The molecule has 1 amide bonds. The van der Waals surface area contributed by atoms with Gasteiger partial charge in [0.15, 0.2) is 0 Å². The first-order valence-electron chi connectivity index (χ1n) is 6.48. The number of carbonyl (C=O) groups excluding carboxylic acids is 1. The molecule has 0 aromatic carbocycles. The average molecular weight is 266 g/mol. The summed E-state index contributed by atoms with van der Waals surface area (Å²) in [4.78, 5) is 13.3. The van der Waals surface area contributed by atoms with Crippen LogP contribution in [-0.4, -0.2) is 31.2 Å². The van der Waals surface area contributed by atoms with E-state index in [1.54, 1.807) is 11.3 Å². The minimum Gasteiger partial charge on any atom is -0.377 e. The van der Waals surface area contributed by atoms with Gasteiger partial charge in [-0.15, -0.1) is 11.3 Å². The Morgan fingerprint density at radius 1 is 1.61 bits per heavy atom. The van der Waals surface area contributed by atoms with Crippen LogP contribution in [0.15, 0.2) is 17.5 Å². The summed E-state index contributed by atoms with van der Waals surface area (Å²) in [6.07, 6.45) is 2.17. The van der Waals surface area contributed by atoms with Crippen molar-refractivity contribution in [1.82, 2.24) is 10.6 Å². The monoisotopic (exact) mass is 266 g/mol. The zero-order valence-corrected chi connectivity index (χ0v) is 11.0. The van der Waals surface area contributed by atoms with E-state index in [0.29, 0.717) is 12.6 Å². The first-order valence-corrected chi connectivity index (χ1v) is 7.36. The van der Waals surface area contributed by atoms with Gasteiger partial charge in [-0.2, -0.15) is 0 Å². The normalized spacial score (nSPS) is 31.0. The van der Waals surface area contributed by atoms with Gasteiger partial charge in [-0.25, -0.2) is 0 Å². The molecule has 0 unspecified atom stereocenters. The van der Waals surface area contributed by atoms with Gasteiger partial charge in [0.2, 0.25) is 5.91 Å². The molecule has 0 bridgehead atoms. The van der Waals surface area contributed by atoms with Crippen LogP contribution in [0, 0.1) is 5.92 Å². The molecule has 98 valence electrons. The Hall–Kier alpha value is -0.910. The number of carbonyl (C=O) groups is 1. The van der Waals surface area contributed by atoms with Crippen molar-refractivity contribution in [2.24, 2.45) is 5.92 Å². The van der Waals surface area contributed by atoms with E-state index in [1.165, 1.54) is 4.88 Å².